The zero-order valence-corrected chi connectivity index (χ0v) is 18.1. The van der Waals surface area contributed by atoms with Gasteiger partial charge in [0.1, 0.15) is 0 Å². The number of nitrogens with zero attached hydrogens (tertiary/aromatic N) is 3. The number of aryl methyl sites for hydroxylation is 1. The van der Waals surface area contributed by atoms with E-state index in [1.54, 1.807) is 7.11 Å². The first-order chi connectivity index (χ1) is 15.2. The van der Waals surface area contributed by atoms with Crippen molar-refractivity contribution in [3.8, 4) is 17.2 Å². The number of rotatable bonds is 10. The highest BCUT2D eigenvalue weighted by Gasteiger charge is 2.16. The molecule has 3 aromatic rings. The number of hydrogen-bond donors (Lipinski definition) is 1. The van der Waals surface area contributed by atoms with E-state index in [9.17, 15) is 10.1 Å². The average Bonchev–Trinajstić information content (AvgIpc) is 3.21. The van der Waals surface area contributed by atoms with Gasteiger partial charge in [0.25, 0.3) is 5.91 Å². The van der Waals surface area contributed by atoms with E-state index in [1.165, 1.54) is 0 Å². The fourth-order valence-corrected chi connectivity index (χ4v) is 3.44. The molecule has 1 aromatic heterocycles. The van der Waals surface area contributed by atoms with Crippen molar-refractivity contribution in [1.29, 1.82) is 5.26 Å². The van der Waals surface area contributed by atoms with Gasteiger partial charge in [-0.3, -0.25) is 9.48 Å². The number of benzene rings is 2. The fraction of sp³-hybridized carbons (Fsp3) is 0.320. The average molecular weight is 417 g/mol. The second kappa shape index (κ2) is 11.1. The summed E-state index contributed by atoms with van der Waals surface area (Å²) in [6, 6.07) is 17.9. The topological polar surface area (TPSA) is 79.9 Å². The minimum absolute atomic E-state index is 0.162. The molecule has 0 bridgehead atoms. The van der Waals surface area contributed by atoms with Crippen LogP contribution in [-0.4, -0.2) is 35.9 Å². The van der Waals surface area contributed by atoms with Gasteiger partial charge in [-0.05, 0) is 35.6 Å². The molecule has 31 heavy (non-hydrogen) atoms. The summed E-state index contributed by atoms with van der Waals surface area (Å²) in [5, 5.41) is 16.8. The van der Waals surface area contributed by atoms with Crippen molar-refractivity contribution in [2.45, 2.75) is 32.7 Å². The molecule has 6 heteroatoms. The third-order valence-electron chi connectivity index (χ3n) is 5.10. The Hall–Kier alpha value is -3.43. The van der Waals surface area contributed by atoms with Crippen LogP contribution in [0.4, 0.5) is 0 Å². The van der Waals surface area contributed by atoms with Crippen LogP contribution < -0.4 is 5.32 Å². The monoisotopic (exact) mass is 416 g/mol. The molecular formula is C25H28N4O2. The molecule has 6 nitrogen and oxygen atoms in total. The van der Waals surface area contributed by atoms with E-state index in [0.717, 1.165) is 41.5 Å². The molecule has 0 aliphatic carbocycles. The predicted molar refractivity (Wildman–Crippen MR) is 121 cm³/mol. The number of carbonyl (C=O) groups is 1. The van der Waals surface area contributed by atoms with Gasteiger partial charge in [-0.15, -0.1) is 0 Å². The van der Waals surface area contributed by atoms with Crippen LogP contribution in [0.2, 0.25) is 0 Å². The quantitative estimate of drug-likeness (QED) is 0.503. The van der Waals surface area contributed by atoms with Gasteiger partial charge in [-0.1, -0.05) is 55.8 Å². The fourth-order valence-electron chi connectivity index (χ4n) is 3.44. The van der Waals surface area contributed by atoms with Crippen LogP contribution in [0, 0.1) is 11.3 Å². The van der Waals surface area contributed by atoms with Gasteiger partial charge < -0.3 is 10.1 Å². The van der Waals surface area contributed by atoms with Crippen molar-refractivity contribution in [3.05, 3.63) is 77.1 Å². The lowest BCUT2D eigenvalue weighted by Gasteiger charge is -2.06. The minimum atomic E-state index is -0.162. The Bertz CT molecular complexity index is 1050. The summed E-state index contributed by atoms with van der Waals surface area (Å²) < 4.78 is 6.83. The van der Waals surface area contributed by atoms with Crippen molar-refractivity contribution in [1.82, 2.24) is 15.1 Å². The van der Waals surface area contributed by atoms with Crippen molar-refractivity contribution >= 4 is 5.91 Å². The maximum atomic E-state index is 12.6. The molecule has 0 radical (unpaired) electrons. The molecule has 1 N–H and O–H groups in total. The lowest BCUT2D eigenvalue weighted by molar-refractivity contribution is 0.0930. The van der Waals surface area contributed by atoms with E-state index < -0.39 is 0 Å². The third-order valence-corrected chi connectivity index (χ3v) is 5.10. The standard InChI is InChI=1S/C25H28N4O2/c1-3-4-7-22-18-29(28-24(22)25(30)27-14-15-31-2)17-19-10-12-20(13-11-19)23-9-6-5-8-21(23)16-26/h5-6,8-13,18H,3-4,7,14-15,17H2,1-2H3,(H,27,30). The summed E-state index contributed by atoms with van der Waals surface area (Å²) in [7, 11) is 1.61. The Kier molecular flexibility index (Phi) is 7.97. The highest BCUT2D eigenvalue weighted by molar-refractivity contribution is 5.93. The lowest BCUT2D eigenvalue weighted by atomic mass is 9.99. The molecule has 0 unspecified atom stereocenters. The summed E-state index contributed by atoms with van der Waals surface area (Å²) in [5.74, 6) is -0.162. The maximum Gasteiger partial charge on any atom is 0.272 e. The zero-order valence-electron chi connectivity index (χ0n) is 18.1. The van der Waals surface area contributed by atoms with Gasteiger partial charge >= 0.3 is 0 Å². The molecule has 0 spiro atoms. The summed E-state index contributed by atoms with van der Waals surface area (Å²) in [6.45, 7) is 3.64. The van der Waals surface area contributed by atoms with Gasteiger partial charge in [0.05, 0.1) is 24.8 Å². The van der Waals surface area contributed by atoms with Crippen molar-refractivity contribution in [2.24, 2.45) is 0 Å². The van der Waals surface area contributed by atoms with Gasteiger partial charge in [0.2, 0.25) is 0 Å². The first-order valence-electron chi connectivity index (χ1n) is 10.6. The van der Waals surface area contributed by atoms with Crippen LogP contribution in [0.5, 0.6) is 0 Å². The first-order valence-corrected chi connectivity index (χ1v) is 10.6. The number of nitriles is 1. The van der Waals surface area contributed by atoms with Gasteiger partial charge in [-0.2, -0.15) is 10.4 Å². The Morgan fingerprint density at radius 2 is 1.97 bits per heavy atom. The second-order valence-electron chi connectivity index (χ2n) is 7.41. The van der Waals surface area contributed by atoms with Crippen LogP contribution in [-0.2, 0) is 17.7 Å². The Morgan fingerprint density at radius 1 is 1.19 bits per heavy atom. The number of ether oxygens (including phenoxy) is 1. The van der Waals surface area contributed by atoms with Crippen molar-refractivity contribution in [2.75, 3.05) is 20.3 Å². The Morgan fingerprint density at radius 3 is 2.68 bits per heavy atom. The molecule has 0 aliphatic heterocycles. The van der Waals surface area contributed by atoms with E-state index in [2.05, 4.69) is 23.4 Å². The maximum absolute atomic E-state index is 12.6. The largest absolute Gasteiger partial charge is 0.383 e. The molecule has 2 aromatic carbocycles. The van der Waals surface area contributed by atoms with E-state index >= 15 is 0 Å². The zero-order chi connectivity index (χ0) is 22.1. The Labute approximate surface area is 183 Å². The SMILES string of the molecule is CCCCc1cn(Cc2ccc(-c3ccccc3C#N)cc2)nc1C(=O)NCCOC. The summed E-state index contributed by atoms with van der Waals surface area (Å²) >= 11 is 0. The number of hydrogen-bond acceptors (Lipinski definition) is 4. The molecule has 0 aliphatic rings. The second-order valence-corrected chi connectivity index (χ2v) is 7.41. The van der Waals surface area contributed by atoms with Crippen molar-refractivity contribution < 1.29 is 9.53 Å². The van der Waals surface area contributed by atoms with Crippen LogP contribution in [0.3, 0.4) is 0 Å². The van der Waals surface area contributed by atoms with Crippen molar-refractivity contribution in [3.63, 3.8) is 0 Å². The normalized spacial score (nSPS) is 10.6. The predicted octanol–water partition coefficient (Wildman–Crippen LogP) is 4.19. The van der Waals surface area contributed by atoms with E-state index in [1.807, 2.05) is 59.4 Å². The van der Waals surface area contributed by atoms with Crippen LogP contribution >= 0.6 is 0 Å². The number of unbranched alkanes of at least 4 members (excludes halogenated alkanes) is 1. The summed E-state index contributed by atoms with van der Waals surface area (Å²) in [5.41, 5.74) is 5.12. The van der Waals surface area contributed by atoms with E-state index in [-0.39, 0.29) is 5.91 Å². The molecule has 0 atom stereocenters. The van der Waals surface area contributed by atoms with Crippen LogP contribution in [0.1, 0.15) is 46.9 Å². The van der Waals surface area contributed by atoms with Crippen LogP contribution in [0.15, 0.2) is 54.7 Å². The first kappa shape index (κ1) is 22.3. The molecule has 160 valence electrons. The summed E-state index contributed by atoms with van der Waals surface area (Å²) in [6.07, 6.45) is 4.87. The summed E-state index contributed by atoms with van der Waals surface area (Å²) in [4.78, 5) is 12.6. The third kappa shape index (κ3) is 5.80. The highest BCUT2D eigenvalue weighted by Crippen LogP contribution is 2.24. The molecule has 0 saturated heterocycles. The molecule has 1 amide bonds. The Balaban J connectivity index is 1.77. The van der Waals surface area contributed by atoms with E-state index in [4.69, 9.17) is 4.74 Å². The minimum Gasteiger partial charge on any atom is -0.383 e. The highest BCUT2D eigenvalue weighted by atomic mass is 16.5. The smallest absolute Gasteiger partial charge is 0.272 e. The number of amides is 1. The molecule has 1 heterocycles. The molecule has 3 rings (SSSR count). The number of aromatic nitrogens is 2. The molecule has 0 saturated carbocycles. The van der Waals surface area contributed by atoms with Gasteiger partial charge in [0.15, 0.2) is 5.69 Å². The molecule has 0 fully saturated rings. The van der Waals surface area contributed by atoms with Gasteiger partial charge in [0, 0.05) is 25.4 Å². The number of carbonyl (C=O) groups excluding carboxylic acids is 1. The lowest BCUT2D eigenvalue weighted by Crippen LogP contribution is -2.28. The van der Waals surface area contributed by atoms with E-state index in [0.29, 0.717) is 31.0 Å². The molecular weight excluding hydrogens is 388 g/mol. The number of methoxy groups -OCH3 is 1. The van der Waals surface area contributed by atoms with Gasteiger partial charge in [-0.25, -0.2) is 0 Å². The number of nitrogens with one attached hydrogen (secondary N) is 1. The van der Waals surface area contributed by atoms with Crippen LogP contribution in [0.25, 0.3) is 11.1 Å².